The van der Waals surface area contributed by atoms with Crippen LogP contribution in [0.2, 0.25) is 0 Å². The molecule has 0 radical (unpaired) electrons. The first-order valence-electron chi connectivity index (χ1n) is 9.70. The fourth-order valence-electron chi connectivity index (χ4n) is 2.62. The summed E-state index contributed by atoms with van der Waals surface area (Å²) >= 11 is 1.38. The van der Waals surface area contributed by atoms with Crippen molar-refractivity contribution in [2.24, 2.45) is 0 Å². The molecular weight excluding hydrogens is 443 g/mol. The number of nitrogens with zero attached hydrogens (tertiary/aromatic N) is 1. The van der Waals surface area contributed by atoms with Gasteiger partial charge in [-0.3, -0.25) is 9.59 Å². The van der Waals surface area contributed by atoms with E-state index in [1.165, 1.54) is 52.5 Å². The molecule has 1 N–H and O–H groups in total. The maximum atomic E-state index is 12.9. The van der Waals surface area contributed by atoms with Gasteiger partial charge in [0.2, 0.25) is 10.0 Å². The van der Waals surface area contributed by atoms with E-state index in [2.05, 4.69) is 5.32 Å². The molecule has 31 heavy (non-hydrogen) atoms. The summed E-state index contributed by atoms with van der Waals surface area (Å²) in [4.78, 5) is 24.7. The van der Waals surface area contributed by atoms with Crippen LogP contribution in [0.25, 0.3) is 0 Å². The van der Waals surface area contributed by atoms with Crippen molar-refractivity contribution < 1.29 is 27.1 Å². The van der Waals surface area contributed by atoms with Gasteiger partial charge in [-0.2, -0.15) is 4.31 Å². The Hall–Kier alpha value is -2.43. The molecule has 168 valence electrons. The Kier molecular flexibility index (Phi) is 9.47. The Labute approximate surface area is 186 Å². The van der Waals surface area contributed by atoms with Gasteiger partial charge in [0.15, 0.2) is 6.61 Å². The third-order valence-corrected chi connectivity index (χ3v) is 7.31. The van der Waals surface area contributed by atoms with Crippen LogP contribution < -0.4 is 5.32 Å². The van der Waals surface area contributed by atoms with Crippen LogP contribution in [0.5, 0.6) is 0 Å². The predicted octanol–water partition coefficient (Wildman–Crippen LogP) is 3.52. The first-order valence-corrected chi connectivity index (χ1v) is 12.1. The molecular formula is C21H25FN2O5S2. The number of hydrogen-bond donors (Lipinski definition) is 1. The van der Waals surface area contributed by atoms with Gasteiger partial charge in [0.05, 0.1) is 11.3 Å². The molecule has 2 aromatic carbocycles. The molecule has 0 fully saturated rings. The Morgan fingerprint density at radius 1 is 1.03 bits per heavy atom. The number of nitrogens with one attached hydrogen (secondary N) is 1. The fraction of sp³-hybridized carbons (Fsp3) is 0.333. The summed E-state index contributed by atoms with van der Waals surface area (Å²) in [5, 5.41) is 2.56. The zero-order valence-electron chi connectivity index (χ0n) is 17.3. The van der Waals surface area contributed by atoms with Crippen molar-refractivity contribution in [2.45, 2.75) is 30.1 Å². The van der Waals surface area contributed by atoms with Crippen LogP contribution in [-0.4, -0.2) is 50.0 Å². The van der Waals surface area contributed by atoms with Crippen LogP contribution >= 0.6 is 11.8 Å². The number of benzene rings is 2. The van der Waals surface area contributed by atoms with Gasteiger partial charge in [0.1, 0.15) is 5.82 Å². The van der Waals surface area contributed by atoms with Crippen molar-refractivity contribution in [2.75, 3.05) is 30.8 Å². The molecule has 0 bridgehead atoms. The summed E-state index contributed by atoms with van der Waals surface area (Å²) in [5.74, 6) is -0.937. The molecule has 0 saturated heterocycles. The highest BCUT2D eigenvalue weighted by molar-refractivity contribution is 7.99. The van der Waals surface area contributed by atoms with E-state index in [-0.39, 0.29) is 17.1 Å². The lowest BCUT2D eigenvalue weighted by molar-refractivity contribution is -0.146. The molecule has 0 spiro atoms. The fourth-order valence-corrected chi connectivity index (χ4v) is 4.91. The number of carbonyl (C=O) groups excluding carboxylic acids is 2. The Morgan fingerprint density at radius 2 is 1.65 bits per heavy atom. The standard InChI is InChI=1S/C21H25FN2O5S2/c1-3-24(4-2)31(27,28)19-11-7-17(8-12-19)23-20(25)15-29-21(26)13-14-30-18-9-5-16(22)6-10-18/h5-12H,3-4,13-15H2,1-2H3,(H,23,25). The highest BCUT2D eigenvalue weighted by Gasteiger charge is 2.21. The molecule has 0 atom stereocenters. The first-order chi connectivity index (χ1) is 14.8. The van der Waals surface area contributed by atoms with E-state index >= 15 is 0 Å². The first kappa shape index (κ1) is 24.8. The Balaban J connectivity index is 1.76. The van der Waals surface area contributed by atoms with Crippen molar-refractivity contribution >= 4 is 39.3 Å². The van der Waals surface area contributed by atoms with Crippen LogP contribution in [0.3, 0.4) is 0 Å². The van der Waals surface area contributed by atoms with Crippen LogP contribution in [0.1, 0.15) is 20.3 Å². The van der Waals surface area contributed by atoms with Gasteiger partial charge in [-0.05, 0) is 48.5 Å². The van der Waals surface area contributed by atoms with E-state index < -0.39 is 28.5 Å². The molecule has 0 aliphatic rings. The second-order valence-corrected chi connectivity index (χ2v) is 9.48. The highest BCUT2D eigenvalue weighted by Crippen LogP contribution is 2.20. The molecule has 0 unspecified atom stereocenters. The molecule has 7 nitrogen and oxygen atoms in total. The summed E-state index contributed by atoms with van der Waals surface area (Å²) in [5.41, 5.74) is 0.395. The van der Waals surface area contributed by atoms with Gasteiger partial charge >= 0.3 is 5.97 Å². The number of thioether (sulfide) groups is 1. The average Bonchev–Trinajstić information content (AvgIpc) is 2.75. The van der Waals surface area contributed by atoms with E-state index in [0.29, 0.717) is 24.5 Å². The molecule has 2 rings (SSSR count). The lowest BCUT2D eigenvalue weighted by Gasteiger charge is -2.18. The van der Waals surface area contributed by atoms with Crippen LogP contribution in [-0.2, 0) is 24.3 Å². The minimum absolute atomic E-state index is 0.104. The number of carbonyl (C=O) groups is 2. The summed E-state index contributed by atoms with van der Waals surface area (Å²) in [6.45, 7) is 3.81. The molecule has 1 amide bonds. The summed E-state index contributed by atoms with van der Waals surface area (Å²) < 4.78 is 44.1. The minimum atomic E-state index is -3.57. The molecule has 10 heteroatoms. The second-order valence-electron chi connectivity index (χ2n) is 6.37. The van der Waals surface area contributed by atoms with Crippen molar-refractivity contribution in [1.29, 1.82) is 0 Å². The molecule has 0 aromatic heterocycles. The SMILES string of the molecule is CCN(CC)S(=O)(=O)c1ccc(NC(=O)COC(=O)CCSc2ccc(F)cc2)cc1. The third kappa shape index (κ3) is 7.64. The van der Waals surface area contributed by atoms with E-state index in [4.69, 9.17) is 4.74 Å². The maximum absolute atomic E-state index is 12.9. The summed E-state index contributed by atoms with van der Waals surface area (Å²) in [6.07, 6.45) is 0.104. The van der Waals surface area contributed by atoms with Gasteiger partial charge in [-0.15, -0.1) is 11.8 Å². The largest absolute Gasteiger partial charge is 0.456 e. The van der Waals surface area contributed by atoms with E-state index in [0.717, 1.165) is 4.90 Å². The van der Waals surface area contributed by atoms with Crippen LogP contribution in [0.15, 0.2) is 58.3 Å². The lowest BCUT2D eigenvalue weighted by Crippen LogP contribution is -2.30. The van der Waals surface area contributed by atoms with Crippen LogP contribution in [0.4, 0.5) is 10.1 Å². The van der Waals surface area contributed by atoms with E-state index in [9.17, 15) is 22.4 Å². The van der Waals surface area contributed by atoms with E-state index in [1.807, 2.05) is 0 Å². The van der Waals surface area contributed by atoms with E-state index in [1.54, 1.807) is 26.0 Å². The second kappa shape index (κ2) is 11.8. The normalized spacial score (nSPS) is 11.4. The molecule has 0 heterocycles. The number of anilines is 1. The third-order valence-electron chi connectivity index (χ3n) is 4.23. The van der Waals surface area contributed by atoms with Crippen molar-refractivity contribution in [3.63, 3.8) is 0 Å². The monoisotopic (exact) mass is 468 g/mol. The molecule has 0 aliphatic carbocycles. The number of hydrogen-bond acceptors (Lipinski definition) is 6. The topological polar surface area (TPSA) is 92.8 Å². The number of sulfonamides is 1. The van der Waals surface area contributed by atoms with Gasteiger partial charge < -0.3 is 10.1 Å². The predicted molar refractivity (Wildman–Crippen MR) is 118 cm³/mol. The summed E-state index contributed by atoms with van der Waals surface area (Å²) in [6, 6.07) is 11.7. The number of ether oxygens (including phenoxy) is 1. The quantitative estimate of drug-likeness (QED) is 0.401. The zero-order valence-corrected chi connectivity index (χ0v) is 19.0. The average molecular weight is 469 g/mol. The minimum Gasteiger partial charge on any atom is -0.456 e. The maximum Gasteiger partial charge on any atom is 0.307 e. The molecule has 0 aliphatic heterocycles. The Morgan fingerprint density at radius 3 is 2.23 bits per heavy atom. The lowest BCUT2D eigenvalue weighted by atomic mass is 10.3. The molecule has 0 saturated carbocycles. The highest BCUT2D eigenvalue weighted by atomic mass is 32.2. The van der Waals surface area contributed by atoms with Gasteiger partial charge in [-0.1, -0.05) is 13.8 Å². The van der Waals surface area contributed by atoms with Crippen molar-refractivity contribution in [1.82, 2.24) is 4.31 Å². The smallest absolute Gasteiger partial charge is 0.307 e. The number of esters is 1. The number of amides is 1. The van der Waals surface area contributed by atoms with Gasteiger partial charge in [0.25, 0.3) is 5.91 Å². The molecule has 2 aromatic rings. The van der Waals surface area contributed by atoms with Gasteiger partial charge in [0, 0.05) is 29.4 Å². The van der Waals surface area contributed by atoms with Crippen molar-refractivity contribution in [3.8, 4) is 0 Å². The number of halogens is 1. The van der Waals surface area contributed by atoms with Crippen LogP contribution in [0, 0.1) is 5.82 Å². The van der Waals surface area contributed by atoms with Crippen molar-refractivity contribution in [3.05, 3.63) is 54.3 Å². The Bertz CT molecular complexity index is 976. The zero-order chi connectivity index (χ0) is 22.9. The number of rotatable bonds is 11. The van der Waals surface area contributed by atoms with Gasteiger partial charge in [-0.25, -0.2) is 12.8 Å². The summed E-state index contributed by atoms with van der Waals surface area (Å²) in [7, 11) is -3.57.